The molecule has 5 heterocycles. The van der Waals surface area contributed by atoms with Gasteiger partial charge in [0, 0.05) is 51.1 Å². The lowest BCUT2D eigenvalue weighted by Gasteiger charge is -2.51. The van der Waals surface area contributed by atoms with Gasteiger partial charge >= 0.3 is 0 Å². The van der Waals surface area contributed by atoms with Gasteiger partial charge in [0.05, 0.1) is 12.3 Å². The molecule has 3 aliphatic rings. The van der Waals surface area contributed by atoms with E-state index in [1.165, 1.54) is 0 Å². The number of fused-ring (bicyclic) bond motifs is 4. The Morgan fingerprint density at radius 1 is 1.21 bits per heavy atom. The molecule has 3 saturated heterocycles. The van der Waals surface area contributed by atoms with Crippen molar-refractivity contribution in [3.63, 3.8) is 0 Å². The first-order valence-electron chi connectivity index (χ1n) is 9.91. The summed E-state index contributed by atoms with van der Waals surface area (Å²) in [4.78, 5) is 34.1. The number of carbonyl (C=O) groups is 2. The van der Waals surface area contributed by atoms with Gasteiger partial charge in [0.2, 0.25) is 5.91 Å². The average Bonchev–Trinajstić information content (AvgIpc) is 3.14. The van der Waals surface area contributed by atoms with Crippen LogP contribution in [-0.4, -0.2) is 74.6 Å². The summed E-state index contributed by atoms with van der Waals surface area (Å²) in [6, 6.07) is 0.151. The minimum Gasteiger partial charge on any atom is -0.382 e. The molecule has 2 amide bonds. The molecule has 3 unspecified atom stereocenters. The molecule has 0 saturated carbocycles. The molecule has 2 aromatic rings. The number of rotatable bonds is 5. The fourth-order valence-electron chi connectivity index (χ4n) is 4.24. The molecule has 150 valence electrons. The Balaban J connectivity index is 1.47. The molecule has 0 radical (unpaired) electrons. The minimum absolute atomic E-state index is 0.0406. The zero-order valence-corrected chi connectivity index (χ0v) is 16.7. The van der Waals surface area contributed by atoms with Gasteiger partial charge in [0.15, 0.2) is 5.65 Å². The summed E-state index contributed by atoms with van der Waals surface area (Å²) in [5.41, 5.74) is 2.10. The van der Waals surface area contributed by atoms with E-state index in [0.29, 0.717) is 30.7 Å². The molecule has 28 heavy (non-hydrogen) atoms. The minimum atomic E-state index is -0.0406. The SMILES string of the molecule is COC(C)CCC(=O)N1CC2CCC1CN2C(=O)c1cnn2cc(C)cnc12. The van der Waals surface area contributed by atoms with E-state index in [4.69, 9.17) is 4.74 Å². The van der Waals surface area contributed by atoms with Crippen LogP contribution in [0, 0.1) is 6.92 Å². The lowest BCUT2D eigenvalue weighted by Crippen LogP contribution is -2.65. The van der Waals surface area contributed by atoms with Crippen LogP contribution in [-0.2, 0) is 9.53 Å². The fraction of sp³-hybridized carbons (Fsp3) is 0.600. The quantitative estimate of drug-likeness (QED) is 0.782. The summed E-state index contributed by atoms with van der Waals surface area (Å²) < 4.78 is 6.90. The topological polar surface area (TPSA) is 80.0 Å². The Morgan fingerprint density at radius 2 is 1.93 bits per heavy atom. The molecule has 8 nitrogen and oxygen atoms in total. The molecule has 2 bridgehead atoms. The van der Waals surface area contributed by atoms with E-state index in [2.05, 4.69) is 10.1 Å². The van der Waals surface area contributed by atoms with Crippen molar-refractivity contribution < 1.29 is 14.3 Å². The van der Waals surface area contributed by atoms with Crippen LogP contribution in [0.5, 0.6) is 0 Å². The molecule has 5 rings (SSSR count). The van der Waals surface area contributed by atoms with Crippen molar-refractivity contribution in [1.82, 2.24) is 24.4 Å². The number of hydrogen-bond acceptors (Lipinski definition) is 5. The molecule has 0 spiro atoms. The van der Waals surface area contributed by atoms with E-state index < -0.39 is 0 Å². The van der Waals surface area contributed by atoms with Crippen molar-refractivity contribution in [2.75, 3.05) is 20.2 Å². The van der Waals surface area contributed by atoms with Crippen molar-refractivity contribution in [3.8, 4) is 0 Å². The predicted octanol–water partition coefficient (Wildman–Crippen LogP) is 1.67. The van der Waals surface area contributed by atoms with Gasteiger partial charge in [0.25, 0.3) is 5.91 Å². The largest absolute Gasteiger partial charge is 0.382 e. The first-order valence-corrected chi connectivity index (χ1v) is 9.91. The van der Waals surface area contributed by atoms with Crippen molar-refractivity contribution in [2.45, 2.75) is 57.7 Å². The molecular weight excluding hydrogens is 358 g/mol. The third-order valence-corrected chi connectivity index (χ3v) is 5.99. The molecular formula is C20H27N5O3. The van der Waals surface area contributed by atoms with Crippen molar-refractivity contribution in [2.24, 2.45) is 0 Å². The average molecular weight is 385 g/mol. The van der Waals surface area contributed by atoms with Gasteiger partial charge in [-0.25, -0.2) is 9.50 Å². The van der Waals surface area contributed by atoms with E-state index >= 15 is 0 Å². The van der Waals surface area contributed by atoms with Crippen molar-refractivity contribution >= 4 is 17.5 Å². The van der Waals surface area contributed by atoms with Crippen LogP contribution in [0.2, 0.25) is 0 Å². The Bertz CT molecular complexity index is 895. The number of nitrogens with zero attached hydrogens (tertiary/aromatic N) is 5. The van der Waals surface area contributed by atoms with E-state index in [-0.39, 0.29) is 30.0 Å². The molecule has 2 aromatic heterocycles. The number of methoxy groups -OCH3 is 1. The van der Waals surface area contributed by atoms with Crippen LogP contribution in [0.25, 0.3) is 5.65 Å². The van der Waals surface area contributed by atoms with Gasteiger partial charge in [-0.3, -0.25) is 9.59 Å². The van der Waals surface area contributed by atoms with Crippen LogP contribution in [0.4, 0.5) is 0 Å². The first kappa shape index (κ1) is 18.9. The van der Waals surface area contributed by atoms with Crippen LogP contribution in [0.15, 0.2) is 18.6 Å². The van der Waals surface area contributed by atoms with E-state index in [9.17, 15) is 9.59 Å². The molecule has 0 aromatic carbocycles. The number of piperazine rings is 1. The van der Waals surface area contributed by atoms with Gasteiger partial charge in [-0.1, -0.05) is 0 Å². The second-order valence-corrected chi connectivity index (χ2v) is 7.93. The Kier molecular flexibility index (Phi) is 5.05. The Hall–Kier alpha value is -2.48. The zero-order chi connectivity index (χ0) is 19.8. The van der Waals surface area contributed by atoms with Crippen LogP contribution in [0.3, 0.4) is 0 Å². The van der Waals surface area contributed by atoms with Crippen molar-refractivity contribution in [3.05, 3.63) is 29.7 Å². The summed E-state index contributed by atoms with van der Waals surface area (Å²) in [6.45, 7) is 5.11. The highest BCUT2D eigenvalue weighted by molar-refractivity contribution is 6.00. The summed E-state index contributed by atoms with van der Waals surface area (Å²) in [6.07, 6.45) is 8.38. The first-order chi connectivity index (χ1) is 13.5. The molecule has 3 fully saturated rings. The number of aromatic nitrogens is 3. The number of ether oxygens (including phenoxy) is 1. The maximum atomic E-state index is 13.2. The summed E-state index contributed by atoms with van der Waals surface area (Å²) in [5, 5.41) is 4.28. The molecule has 3 atom stereocenters. The van der Waals surface area contributed by atoms with Gasteiger partial charge in [0.1, 0.15) is 5.56 Å². The Labute approximate surface area is 164 Å². The fourth-order valence-corrected chi connectivity index (χ4v) is 4.24. The van der Waals surface area contributed by atoms with Gasteiger partial charge in [-0.05, 0) is 38.7 Å². The lowest BCUT2D eigenvalue weighted by molar-refractivity contribution is -0.141. The molecule has 0 N–H and O–H groups in total. The highest BCUT2D eigenvalue weighted by atomic mass is 16.5. The van der Waals surface area contributed by atoms with Gasteiger partial charge < -0.3 is 14.5 Å². The normalized spacial score (nSPS) is 22.7. The lowest BCUT2D eigenvalue weighted by atomic mass is 9.89. The summed E-state index contributed by atoms with van der Waals surface area (Å²) in [7, 11) is 1.66. The van der Waals surface area contributed by atoms with Gasteiger partial charge in [-0.15, -0.1) is 0 Å². The number of amides is 2. The number of aryl methyl sites for hydroxylation is 1. The standard InChI is InChI=1S/C20H27N5O3/c1-13-8-21-19-17(9-22-25(19)10-13)20(27)24-12-15-5-6-16(24)11-23(15)18(26)7-4-14(2)28-3/h8-10,14-16H,4-7,11-12H2,1-3H3. The second-order valence-electron chi connectivity index (χ2n) is 7.93. The van der Waals surface area contributed by atoms with Crippen LogP contribution >= 0.6 is 0 Å². The zero-order valence-electron chi connectivity index (χ0n) is 16.7. The third-order valence-electron chi connectivity index (χ3n) is 5.99. The molecule has 8 heteroatoms. The number of hydrogen-bond donors (Lipinski definition) is 0. The molecule has 0 aliphatic carbocycles. The Morgan fingerprint density at radius 3 is 2.61 bits per heavy atom. The smallest absolute Gasteiger partial charge is 0.259 e. The van der Waals surface area contributed by atoms with E-state index in [1.807, 2.05) is 29.8 Å². The number of carbonyl (C=O) groups excluding carboxylic acids is 2. The summed E-state index contributed by atoms with van der Waals surface area (Å²) in [5.74, 6) is 0.125. The van der Waals surface area contributed by atoms with Crippen LogP contribution in [0.1, 0.15) is 48.5 Å². The van der Waals surface area contributed by atoms with E-state index in [0.717, 1.165) is 24.8 Å². The second kappa shape index (κ2) is 7.50. The monoisotopic (exact) mass is 385 g/mol. The number of piperidine rings is 2. The maximum absolute atomic E-state index is 13.2. The highest BCUT2D eigenvalue weighted by Crippen LogP contribution is 2.31. The predicted molar refractivity (Wildman–Crippen MR) is 103 cm³/mol. The van der Waals surface area contributed by atoms with Gasteiger partial charge in [-0.2, -0.15) is 5.10 Å². The van der Waals surface area contributed by atoms with E-state index in [1.54, 1.807) is 24.0 Å². The molecule has 3 aliphatic heterocycles. The van der Waals surface area contributed by atoms with Crippen LogP contribution < -0.4 is 0 Å². The summed E-state index contributed by atoms with van der Waals surface area (Å²) >= 11 is 0. The third kappa shape index (κ3) is 3.37. The maximum Gasteiger partial charge on any atom is 0.259 e. The van der Waals surface area contributed by atoms with Crippen molar-refractivity contribution in [1.29, 1.82) is 0 Å². The highest BCUT2D eigenvalue weighted by Gasteiger charge is 2.43.